The molecule has 19 heteroatoms. The fourth-order valence-corrected chi connectivity index (χ4v) is 13.8. The highest BCUT2D eigenvalue weighted by Gasteiger charge is 2.30. The normalized spacial score (nSPS) is 14.1. The lowest BCUT2D eigenvalue weighted by atomic mass is 10.0. The first-order valence-electron chi connectivity index (χ1n) is 41.2. The number of unbranched alkanes of at least 4 members (excludes halogenated alkanes) is 43. The molecule has 0 aliphatic heterocycles. The second kappa shape index (κ2) is 69.1. The van der Waals surface area contributed by atoms with Gasteiger partial charge in [0.2, 0.25) is 0 Å². The van der Waals surface area contributed by atoms with Crippen LogP contribution in [0.5, 0.6) is 0 Å². The summed E-state index contributed by atoms with van der Waals surface area (Å²) in [6, 6.07) is 0. The molecule has 99 heavy (non-hydrogen) atoms. The first-order valence-corrected chi connectivity index (χ1v) is 44.2. The topological polar surface area (TPSA) is 237 Å². The van der Waals surface area contributed by atoms with Crippen LogP contribution in [0.1, 0.15) is 409 Å². The number of phosphoric acid groups is 2. The standard InChI is InChI=1S/C80H156O17P2/c1-70(2)56-48-40-32-25-21-17-13-11-9-10-12-14-19-23-27-36-44-52-60-77(82)90-66-75(97-80(85)63-55-47-38-30-29-34-42-50-58-72(5)6)68-94-98(86,87)92-64-74(81)65-93-99(88,89)95-69-76(67-91-78(83)61-53-45-39-31-35-43-51-59-73(7)8)96-79(84)62-54-46-37-28-24-20-16-15-18-22-26-33-41-49-57-71(3)4/h70-76,81H,9-69H2,1-8H3,(H,86,87)(H,88,89)/t74?,75-,76-/m1/s1. The third kappa shape index (κ3) is 74.1. The van der Waals surface area contributed by atoms with Gasteiger partial charge in [-0.05, 0) is 49.4 Å². The molecule has 0 amide bonds. The van der Waals surface area contributed by atoms with Gasteiger partial charge >= 0.3 is 39.5 Å². The zero-order valence-corrected chi connectivity index (χ0v) is 66.9. The number of aliphatic hydroxyl groups excluding tert-OH is 1. The van der Waals surface area contributed by atoms with Crippen LogP contribution in [0, 0.1) is 23.7 Å². The second-order valence-corrected chi connectivity index (χ2v) is 33.6. The van der Waals surface area contributed by atoms with Crippen molar-refractivity contribution in [1.29, 1.82) is 0 Å². The fraction of sp³-hybridized carbons (Fsp3) is 0.950. The van der Waals surface area contributed by atoms with Crippen molar-refractivity contribution in [2.75, 3.05) is 39.6 Å². The van der Waals surface area contributed by atoms with E-state index in [1.807, 2.05) is 0 Å². The van der Waals surface area contributed by atoms with E-state index >= 15 is 0 Å². The lowest BCUT2D eigenvalue weighted by Gasteiger charge is -2.21. The van der Waals surface area contributed by atoms with Gasteiger partial charge in [-0.1, -0.05) is 357 Å². The van der Waals surface area contributed by atoms with E-state index < -0.39 is 97.5 Å². The molecule has 0 radical (unpaired) electrons. The molecule has 0 fully saturated rings. The largest absolute Gasteiger partial charge is 0.472 e. The van der Waals surface area contributed by atoms with Gasteiger partial charge in [0.25, 0.3) is 0 Å². The number of ether oxygens (including phenoxy) is 4. The van der Waals surface area contributed by atoms with Crippen molar-refractivity contribution >= 4 is 39.5 Å². The minimum absolute atomic E-state index is 0.105. The van der Waals surface area contributed by atoms with Crippen molar-refractivity contribution in [3.05, 3.63) is 0 Å². The van der Waals surface area contributed by atoms with E-state index in [-0.39, 0.29) is 25.7 Å². The summed E-state index contributed by atoms with van der Waals surface area (Å²) in [5, 5.41) is 10.6. The lowest BCUT2D eigenvalue weighted by Crippen LogP contribution is -2.30. The molecule has 0 saturated carbocycles. The zero-order chi connectivity index (χ0) is 73.1. The Bertz CT molecular complexity index is 1940. The molecule has 0 heterocycles. The molecule has 0 bridgehead atoms. The minimum Gasteiger partial charge on any atom is -0.462 e. The van der Waals surface area contributed by atoms with Gasteiger partial charge in [0.05, 0.1) is 26.4 Å². The molecule has 0 aliphatic rings. The van der Waals surface area contributed by atoms with Crippen molar-refractivity contribution in [1.82, 2.24) is 0 Å². The molecular weight excluding hydrogens is 1290 g/mol. The number of carbonyl (C=O) groups is 4. The average Bonchev–Trinajstić information content (AvgIpc) is 0.945. The molecule has 0 aromatic carbocycles. The molecule has 0 spiro atoms. The van der Waals surface area contributed by atoms with Crippen LogP contribution in [-0.2, 0) is 65.4 Å². The van der Waals surface area contributed by atoms with Gasteiger partial charge in [-0.25, -0.2) is 9.13 Å². The van der Waals surface area contributed by atoms with E-state index in [1.165, 1.54) is 205 Å². The highest BCUT2D eigenvalue weighted by Crippen LogP contribution is 2.45. The number of aliphatic hydroxyl groups is 1. The van der Waals surface area contributed by atoms with Gasteiger partial charge in [0, 0.05) is 25.7 Å². The maximum absolute atomic E-state index is 13.1. The Kier molecular flexibility index (Phi) is 67.8. The van der Waals surface area contributed by atoms with Crippen LogP contribution in [0.15, 0.2) is 0 Å². The summed E-state index contributed by atoms with van der Waals surface area (Å²) in [5.74, 6) is 0.923. The van der Waals surface area contributed by atoms with E-state index in [4.69, 9.17) is 37.0 Å². The Morgan fingerprint density at radius 3 is 0.626 bits per heavy atom. The monoisotopic (exact) mass is 1450 g/mol. The quantitative estimate of drug-likeness (QED) is 0.0222. The number of esters is 4. The number of rotatable bonds is 77. The third-order valence-electron chi connectivity index (χ3n) is 18.6. The summed E-state index contributed by atoms with van der Waals surface area (Å²) in [4.78, 5) is 72.9. The highest BCUT2D eigenvalue weighted by atomic mass is 31.2. The first-order chi connectivity index (χ1) is 47.6. The number of phosphoric ester groups is 2. The molecule has 0 rings (SSSR count). The molecular formula is C80H156O17P2. The van der Waals surface area contributed by atoms with E-state index in [1.54, 1.807) is 0 Å². The van der Waals surface area contributed by atoms with Crippen LogP contribution >= 0.6 is 15.6 Å². The molecule has 0 aromatic heterocycles. The SMILES string of the molecule is CC(C)CCCCCCCCCCCCCCCCCCCCC(=O)OC[C@H](COP(=O)(O)OCC(O)COP(=O)(O)OC[C@@H](COC(=O)CCCCCCCCCC(C)C)OC(=O)CCCCCCCCCCCCCCCCC(C)C)OC(=O)CCCCCCCCCCC(C)C. The molecule has 588 valence electrons. The van der Waals surface area contributed by atoms with Crippen LogP contribution < -0.4 is 0 Å². The molecule has 3 unspecified atom stereocenters. The number of hydrogen-bond donors (Lipinski definition) is 3. The Morgan fingerprint density at radius 2 is 0.424 bits per heavy atom. The second-order valence-electron chi connectivity index (χ2n) is 30.7. The Hall–Kier alpha value is -1.94. The Labute approximate surface area is 607 Å². The summed E-state index contributed by atoms with van der Waals surface area (Å²) < 4.78 is 68.6. The van der Waals surface area contributed by atoms with Crippen LogP contribution in [-0.4, -0.2) is 96.7 Å². The summed E-state index contributed by atoms with van der Waals surface area (Å²) >= 11 is 0. The summed E-state index contributed by atoms with van der Waals surface area (Å²) in [5.41, 5.74) is 0. The van der Waals surface area contributed by atoms with E-state index in [0.29, 0.717) is 37.5 Å². The van der Waals surface area contributed by atoms with Crippen molar-refractivity contribution in [3.63, 3.8) is 0 Å². The van der Waals surface area contributed by atoms with Crippen molar-refractivity contribution in [2.24, 2.45) is 23.7 Å². The smallest absolute Gasteiger partial charge is 0.462 e. The van der Waals surface area contributed by atoms with Crippen LogP contribution in [0.3, 0.4) is 0 Å². The molecule has 0 aromatic rings. The van der Waals surface area contributed by atoms with Crippen molar-refractivity contribution in [2.45, 2.75) is 427 Å². The van der Waals surface area contributed by atoms with Crippen molar-refractivity contribution < 1.29 is 80.2 Å². The molecule has 0 saturated heterocycles. The third-order valence-corrected chi connectivity index (χ3v) is 20.5. The summed E-state index contributed by atoms with van der Waals surface area (Å²) in [6.45, 7) is 14.2. The van der Waals surface area contributed by atoms with Gasteiger partial charge in [-0.15, -0.1) is 0 Å². The maximum atomic E-state index is 13.1. The summed E-state index contributed by atoms with van der Waals surface area (Å²) in [6.07, 6.45) is 55.8. The van der Waals surface area contributed by atoms with Crippen LogP contribution in [0.2, 0.25) is 0 Å². The molecule has 5 atom stereocenters. The fourth-order valence-electron chi connectivity index (χ4n) is 12.3. The van der Waals surface area contributed by atoms with Gasteiger partial charge in [-0.2, -0.15) is 0 Å². The molecule has 17 nitrogen and oxygen atoms in total. The van der Waals surface area contributed by atoms with Crippen LogP contribution in [0.25, 0.3) is 0 Å². The van der Waals surface area contributed by atoms with Crippen LogP contribution in [0.4, 0.5) is 0 Å². The predicted octanol–water partition coefficient (Wildman–Crippen LogP) is 23.6. The Balaban J connectivity index is 5.16. The maximum Gasteiger partial charge on any atom is 0.472 e. The van der Waals surface area contributed by atoms with E-state index in [0.717, 1.165) is 108 Å². The average molecular weight is 1450 g/mol. The number of hydrogen-bond acceptors (Lipinski definition) is 15. The predicted molar refractivity (Wildman–Crippen MR) is 404 cm³/mol. The zero-order valence-electron chi connectivity index (χ0n) is 65.1. The minimum atomic E-state index is -4.96. The van der Waals surface area contributed by atoms with E-state index in [9.17, 15) is 43.2 Å². The van der Waals surface area contributed by atoms with Crippen molar-refractivity contribution in [3.8, 4) is 0 Å². The van der Waals surface area contributed by atoms with Gasteiger partial charge < -0.3 is 33.8 Å². The number of carbonyl (C=O) groups excluding carboxylic acids is 4. The van der Waals surface area contributed by atoms with Gasteiger partial charge in [-0.3, -0.25) is 37.3 Å². The van der Waals surface area contributed by atoms with E-state index in [2.05, 4.69) is 55.4 Å². The molecule has 3 N–H and O–H groups in total. The van der Waals surface area contributed by atoms with Gasteiger partial charge in [0.1, 0.15) is 19.3 Å². The Morgan fingerprint density at radius 1 is 0.253 bits per heavy atom. The molecule has 0 aliphatic carbocycles. The lowest BCUT2D eigenvalue weighted by molar-refractivity contribution is -0.161. The highest BCUT2D eigenvalue weighted by molar-refractivity contribution is 7.47. The van der Waals surface area contributed by atoms with Gasteiger partial charge in [0.15, 0.2) is 12.2 Å². The first kappa shape index (κ1) is 97.1. The summed E-state index contributed by atoms with van der Waals surface area (Å²) in [7, 11) is -9.92.